The number of dihydropyridines is 1. The zero-order chi connectivity index (χ0) is 26.0. The van der Waals surface area contributed by atoms with Crippen molar-refractivity contribution in [3.8, 4) is 11.5 Å². The van der Waals surface area contributed by atoms with Crippen LogP contribution in [0, 0.1) is 11.8 Å². The fraction of sp³-hybridized carbons (Fsp3) is 0.536. The summed E-state index contributed by atoms with van der Waals surface area (Å²) >= 11 is 0. The smallest absolute Gasteiger partial charge is 0.337 e. The number of ether oxygens (including phenoxy) is 4. The van der Waals surface area contributed by atoms with E-state index < -0.39 is 23.8 Å². The van der Waals surface area contributed by atoms with Gasteiger partial charge in [0.25, 0.3) is 0 Å². The first-order valence-electron chi connectivity index (χ1n) is 12.6. The molecule has 3 atom stereocenters. The number of nitrogens with one attached hydrogen (secondary N) is 1. The predicted octanol–water partition coefficient (Wildman–Crippen LogP) is 4.19. The SMILES string of the molecule is COC(=O)[C@H]1C(=O)C2=C(C[C@H]1C)NC(C)=C(C(=O)OC1CCCCC1)[C@H]2c1cc(OC)ccc1OC. The summed E-state index contributed by atoms with van der Waals surface area (Å²) in [6, 6.07) is 5.29. The molecular weight excluding hydrogens is 462 g/mol. The van der Waals surface area contributed by atoms with Crippen molar-refractivity contribution >= 4 is 17.7 Å². The van der Waals surface area contributed by atoms with Gasteiger partial charge in [0.05, 0.1) is 32.8 Å². The number of hydrogen-bond donors (Lipinski definition) is 1. The Bertz CT molecular complexity index is 1110. The van der Waals surface area contributed by atoms with E-state index in [-0.39, 0.29) is 17.8 Å². The highest BCUT2D eigenvalue weighted by Crippen LogP contribution is 2.48. The van der Waals surface area contributed by atoms with Gasteiger partial charge in [-0.1, -0.05) is 13.3 Å². The monoisotopic (exact) mass is 497 g/mol. The highest BCUT2D eigenvalue weighted by atomic mass is 16.5. The van der Waals surface area contributed by atoms with Crippen molar-refractivity contribution in [2.75, 3.05) is 21.3 Å². The van der Waals surface area contributed by atoms with E-state index in [0.717, 1.165) is 32.1 Å². The Morgan fingerprint density at radius 1 is 1.03 bits per heavy atom. The molecule has 0 spiro atoms. The van der Waals surface area contributed by atoms with E-state index in [0.29, 0.717) is 46.0 Å². The number of benzene rings is 1. The molecule has 1 aliphatic heterocycles. The maximum absolute atomic E-state index is 13.9. The summed E-state index contributed by atoms with van der Waals surface area (Å²) in [5, 5.41) is 3.30. The average Bonchev–Trinajstić information content (AvgIpc) is 2.87. The molecule has 0 saturated heterocycles. The van der Waals surface area contributed by atoms with Gasteiger partial charge in [0.2, 0.25) is 0 Å². The summed E-state index contributed by atoms with van der Waals surface area (Å²) in [5.74, 6) is -2.32. The van der Waals surface area contributed by atoms with Crippen LogP contribution < -0.4 is 14.8 Å². The van der Waals surface area contributed by atoms with E-state index in [2.05, 4.69) is 5.32 Å². The Morgan fingerprint density at radius 3 is 2.39 bits per heavy atom. The Labute approximate surface area is 212 Å². The second-order valence-corrected chi connectivity index (χ2v) is 9.81. The Hall–Kier alpha value is -3.29. The third kappa shape index (κ3) is 4.73. The standard InChI is InChI=1S/C28H35NO7/c1-15-13-20-25(26(30)22(15)27(31)35-5)24(19-14-18(33-3)11-12-21(19)34-4)23(16(2)29-20)28(32)36-17-9-7-6-8-10-17/h11-12,14-15,17,22,24,29H,6-10,13H2,1-5H3/t15-,22-,24-/m1/s1. The van der Waals surface area contributed by atoms with Gasteiger partial charge in [-0.3, -0.25) is 9.59 Å². The van der Waals surface area contributed by atoms with E-state index >= 15 is 0 Å². The summed E-state index contributed by atoms with van der Waals surface area (Å²) in [5.41, 5.74) is 2.65. The Kier molecular flexibility index (Phi) is 7.71. The lowest BCUT2D eigenvalue weighted by atomic mass is 9.69. The van der Waals surface area contributed by atoms with E-state index in [1.807, 2.05) is 13.8 Å². The van der Waals surface area contributed by atoms with Gasteiger partial charge in [0.15, 0.2) is 5.78 Å². The number of rotatable bonds is 6. The van der Waals surface area contributed by atoms with Crippen LogP contribution in [-0.4, -0.2) is 45.2 Å². The highest BCUT2D eigenvalue weighted by Gasteiger charge is 2.48. The zero-order valence-corrected chi connectivity index (χ0v) is 21.6. The van der Waals surface area contributed by atoms with Crippen molar-refractivity contribution in [2.24, 2.45) is 11.8 Å². The second kappa shape index (κ2) is 10.8. The van der Waals surface area contributed by atoms with Gasteiger partial charge in [0.1, 0.15) is 23.5 Å². The van der Waals surface area contributed by atoms with Gasteiger partial charge >= 0.3 is 11.9 Å². The summed E-state index contributed by atoms with van der Waals surface area (Å²) in [4.78, 5) is 40.3. The van der Waals surface area contributed by atoms with Crippen LogP contribution in [0.1, 0.15) is 63.9 Å². The second-order valence-electron chi connectivity index (χ2n) is 9.81. The van der Waals surface area contributed by atoms with Gasteiger partial charge in [-0.2, -0.15) is 0 Å². The van der Waals surface area contributed by atoms with Crippen LogP contribution in [0.25, 0.3) is 0 Å². The number of esters is 2. The number of carbonyl (C=O) groups excluding carboxylic acids is 3. The minimum atomic E-state index is -0.955. The molecule has 1 N–H and O–H groups in total. The molecule has 0 amide bonds. The summed E-state index contributed by atoms with van der Waals surface area (Å²) in [6.07, 6.45) is 5.15. The first kappa shape index (κ1) is 25.8. The van der Waals surface area contributed by atoms with Crippen LogP contribution in [0.3, 0.4) is 0 Å². The predicted molar refractivity (Wildman–Crippen MR) is 132 cm³/mol. The molecule has 0 aromatic heterocycles. The van der Waals surface area contributed by atoms with Crippen molar-refractivity contribution in [3.63, 3.8) is 0 Å². The minimum Gasteiger partial charge on any atom is -0.497 e. The molecule has 1 saturated carbocycles. The number of methoxy groups -OCH3 is 3. The number of hydrogen-bond acceptors (Lipinski definition) is 8. The largest absolute Gasteiger partial charge is 0.497 e. The van der Waals surface area contributed by atoms with Crippen LogP contribution in [-0.2, 0) is 23.9 Å². The lowest BCUT2D eigenvalue weighted by Gasteiger charge is -2.39. The Morgan fingerprint density at radius 2 is 1.75 bits per heavy atom. The van der Waals surface area contributed by atoms with Crippen molar-refractivity contribution in [1.82, 2.24) is 5.32 Å². The molecule has 4 rings (SSSR count). The molecule has 1 heterocycles. The molecule has 1 aromatic rings. The first-order chi connectivity index (χ1) is 17.3. The molecule has 36 heavy (non-hydrogen) atoms. The van der Waals surface area contributed by atoms with Gasteiger partial charge in [-0.05, 0) is 63.1 Å². The van der Waals surface area contributed by atoms with Gasteiger partial charge < -0.3 is 24.3 Å². The molecule has 1 fully saturated rings. The maximum atomic E-state index is 13.9. The Balaban J connectivity index is 1.86. The summed E-state index contributed by atoms with van der Waals surface area (Å²) < 4.78 is 22.1. The third-order valence-electron chi connectivity index (χ3n) is 7.54. The molecule has 0 unspecified atom stereocenters. The first-order valence-corrected chi connectivity index (χ1v) is 12.6. The normalized spacial score (nSPS) is 24.6. The zero-order valence-electron chi connectivity index (χ0n) is 21.6. The quantitative estimate of drug-likeness (QED) is 0.461. The molecule has 0 radical (unpaired) electrons. The molecule has 1 aromatic carbocycles. The van der Waals surface area contributed by atoms with Crippen LogP contribution in [0.5, 0.6) is 11.5 Å². The highest BCUT2D eigenvalue weighted by molar-refractivity contribution is 6.12. The maximum Gasteiger partial charge on any atom is 0.337 e. The van der Waals surface area contributed by atoms with Crippen molar-refractivity contribution in [2.45, 2.75) is 64.4 Å². The number of Topliss-reactive ketones (excluding diaryl/α,β-unsaturated/α-hetero) is 1. The van der Waals surface area contributed by atoms with E-state index in [1.54, 1.807) is 32.4 Å². The van der Waals surface area contributed by atoms with E-state index in [1.165, 1.54) is 7.11 Å². The van der Waals surface area contributed by atoms with Crippen molar-refractivity contribution in [3.05, 3.63) is 46.3 Å². The van der Waals surface area contributed by atoms with Crippen LogP contribution in [0.4, 0.5) is 0 Å². The molecule has 0 bridgehead atoms. The van der Waals surface area contributed by atoms with E-state index in [9.17, 15) is 14.4 Å². The van der Waals surface area contributed by atoms with Crippen molar-refractivity contribution < 1.29 is 33.3 Å². The lowest BCUT2D eigenvalue weighted by Crippen LogP contribution is -2.43. The molecule has 194 valence electrons. The number of ketones is 1. The van der Waals surface area contributed by atoms with Crippen LogP contribution in [0.2, 0.25) is 0 Å². The lowest BCUT2D eigenvalue weighted by molar-refractivity contribution is -0.151. The average molecular weight is 498 g/mol. The fourth-order valence-corrected chi connectivity index (χ4v) is 5.72. The minimum absolute atomic E-state index is 0.153. The molecule has 3 aliphatic rings. The van der Waals surface area contributed by atoms with Gasteiger partial charge in [0, 0.05) is 22.5 Å². The van der Waals surface area contributed by atoms with Crippen molar-refractivity contribution in [1.29, 1.82) is 0 Å². The van der Waals surface area contributed by atoms with Gasteiger partial charge in [-0.15, -0.1) is 0 Å². The van der Waals surface area contributed by atoms with Gasteiger partial charge in [-0.25, -0.2) is 4.79 Å². The molecule has 8 nitrogen and oxygen atoms in total. The molecule has 2 aliphatic carbocycles. The van der Waals surface area contributed by atoms with Crippen LogP contribution >= 0.6 is 0 Å². The number of allylic oxidation sites excluding steroid dienone is 3. The van der Waals surface area contributed by atoms with E-state index in [4.69, 9.17) is 18.9 Å². The summed E-state index contributed by atoms with van der Waals surface area (Å²) in [6.45, 7) is 3.68. The molecular formula is C28H35NO7. The topological polar surface area (TPSA) is 100 Å². The summed E-state index contributed by atoms with van der Waals surface area (Å²) in [7, 11) is 4.38. The molecule has 8 heteroatoms. The third-order valence-corrected chi connectivity index (χ3v) is 7.54. The fourth-order valence-electron chi connectivity index (χ4n) is 5.72. The number of carbonyl (C=O) groups is 3. The van der Waals surface area contributed by atoms with Crippen LogP contribution in [0.15, 0.2) is 40.7 Å².